The maximum absolute atomic E-state index is 3.39. The Hall–Kier alpha value is -8.64. The van der Waals surface area contributed by atoms with Crippen LogP contribution in [0.5, 0.6) is 0 Å². The number of rotatable bonds is 12. The fourth-order valence-electron chi connectivity index (χ4n) is 18.7. The van der Waals surface area contributed by atoms with E-state index in [1.54, 1.807) is 28.2 Å². The molecule has 5 aliphatic rings. The van der Waals surface area contributed by atoms with Crippen LogP contribution in [0.2, 0.25) is 0 Å². The second kappa shape index (κ2) is 41.2. The molecule has 19 rings (SSSR count). The third-order valence-electron chi connectivity index (χ3n) is 25.8. The van der Waals surface area contributed by atoms with Crippen molar-refractivity contribution in [3.05, 3.63) is 490 Å². The van der Waals surface area contributed by atoms with Crippen molar-refractivity contribution >= 4 is 72.4 Å². The molecule has 6 heteroatoms. The summed E-state index contributed by atoms with van der Waals surface area (Å²) in [4.78, 5) is 0. The first-order valence-corrected chi connectivity index (χ1v) is 42.5. The summed E-state index contributed by atoms with van der Waals surface area (Å²) in [7, 11) is 0. The van der Waals surface area contributed by atoms with E-state index in [1.165, 1.54) is 156 Å². The molecule has 14 aromatic rings. The smallest absolute Gasteiger partial charge is 0.0246 e. The molecule has 2 unspecified atom stereocenters. The van der Waals surface area contributed by atoms with Crippen molar-refractivity contribution in [1.82, 2.24) is 0 Å². The van der Waals surface area contributed by atoms with Crippen LogP contribution in [0, 0.1) is 39.6 Å². The Balaban J connectivity index is 0.000000156. The second-order valence-corrected chi connectivity index (χ2v) is 35.0. The maximum atomic E-state index is 3.39. The van der Waals surface area contributed by atoms with Crippen LogP contribution in [0.4, 0.5) is 0 Å². The van der Waals surface area contributed by atoms with Crippen LogP contribution < -0.4 is 0 Å². The Bertz CT molecular complexity index is 4940. The fourth-order valence-corrected chi connectivity index (χ4v) is 22.0. The van der Waals surface area contributed by atoms with Crippen molar-refractivity contribution in [1.29, 1.82) is 0 Å². The molecule has 0 heterocycles. The van der Waals surface area contributed by atoms with E-state index in [4.69, 9.17) is 0 Å². The Kier molecular flexibility index (Phi) is 31.8. The summed E-state index contributed by atoms with van der Waals surface area (Å²) in [5, 5.41) is 2.57. The number of halogens is 4. The summed E-state index contributed by atoms with van der Waals surface area (Å²) >= 11 is 2.94. The van der Waals surface area contributed by atoms with Gasteiger partial charge in [-0.25, -0.2) is 30.2 Å². The molecule has 0 N–H and O–H groups in total. The Morgan fingerprint density at radius 3 is 1.09 bits per heavy atom. The van der Waals surface area contributed by atoms with Gasteiger partial charge in [0.15, 0.2) is 0 Å². The predicted octanol–water partition coefficient (Wildman–Crippen LogP) is 29.4. The summed E-state index contributed by atoms with van der Waals surface area (Å²) in [5.41, 5.74) is 26.8. The van der Waals surface area contributed by atoms with Crippen molar-refractivity contribution < 1.29 is 48.5 Å². The van der Waals surface area contributed by atoms with E-state index in [2.05, 4.69) is 389 Å². The SMILES string of the molecule is C[C-]1C2=C3Cc4ccccc4C3=C3C=CCCC3C2(C)C(C)(C)C(C)(C)C1(C)C.Cl.Cl.Cl.Cl.[Zr+2]=[C](C(c1ccccc1)c1ccccc1)C(c1ccccc1)c1ccccc1.[Zr+2]=[C](C(c1ccccc1)c1ccccc1)C(c1ccccc1)c1ccccc1.[c-]1cccc2ccc3c(c12)Cc1ccccc1-3.c1cc[cH-]c1.c1cc[cH-]c1. The van der Waals surface area contributed by atoms with Gasteiger partial charge in [-0.05, 0) is 58.1 Å². The summed E-state index contributed by atoms with van der Waals surface area (Å²) in [6.45, 7) is 20.3. The molecule has 0 nitrogen and oxygen atoms in total. The van der Waals surface area contributed by atoms with Crippen LogP contribution in [0.1, 0.15) is 159 Å². The molecule has 1 saturated carbocycles. The Labute approximate surface area is 746 Å². The minimum absolute atomic E-state index is 0. The molecule has 0 bridgehead atoms. The number of fused-ring (bicyclic) bond motifs is 11. The van der Waals surface area contributed by atoms with Crippen LogP contribution >= 0.6 is 49.6 Å². The largest absolute Gasteiger partial charge is 0.214 e. The third-order valence-corrected chi connectivity index (χ3v) is 28.7. The van der Waals surface area contributed by atoms with E-state index in [0.29, 0.717) is 5.92 Å². The molecule has 0 aromatic heterocycles. The monoisotopic (exact) mass is 1750 g/mol. The molecule has 0 radical (unpaired) electrons. The molecule has 5 aliphatic carbocycles. The summed E-state index contributed by atoms with van der Waals surface area (Å²) < 4.78 is 3.06. The van der Waals surface area contributed by atoms with Crippen LogP contribution in [-0.2, 0) is 61.3 Å². The van der Waals surface area contributed by atoms with Crippen molar-refractivity contribution in [3.8, 4) is 11.1 Å². The van der Waals surface area contributed by atoms with E-state index >= 15 is 0 Å². The topological polar surface area (TPSA) is 0 Å². The van der Waals surface area contributed by atoms with Gasteiger partial charge in [0.1, 0.15) is 0 Å². The van der Waals surface area contributed by atoms with E-state index in [0.717, 1.165) is 12.8 Å². The summed E-state index contributed by atoms with van der Waals surface area (Å²) in [6, 6.07) is 139. The van der Waals surface area contributed by atoms with Gasteiger partial charge in [-0.1, -0.05) is 155 Å². The van der Waals surface area contributed by atoms with E-state index in [-0.39, 0.29) is 95.0 Å². The molecular weight excluding hydrogens is 1650 g/mol. The first-order chi connectivity index (χ1) is 54.6. The zero-order chi connectivity index (χ0) is 77.7. The quantitative estimate of drug-likeness (QED) is 0.107. The van der Waals surface area contributed by atoms with E-state index in [1.807, 2.05) is 66.7 Å². The van der Waals surface area contributed by atoms with Crippen LogP contribution in [0.25, 0.3) is 27.5 Å². The molecule has 0 saturated heterocycles. The van der Waals surface area contributed by atoms with Crippen LogP contribution in [-0.4, -0.2) is 6.41 Å². The predicted molar refractivity (Wildman–Crippen MR) is 497 cm³/mol. The van der Waals surface area contributed by atoms with Gasteiger partial charge in [0.05, 0.1) is 0 Å². The first kappa shape index (κ1) is 89.7. The average molecular weight is 1750 g/mol. The molecule has 0 amide bonds. The third kappa shape index (κ3) is 18.8. The number of allylic oxidation sites excluding steroid dienone is 6. The molecule has 1 fully saturated rings. The van der Waals surface area contributed by atoms with E-state index in [9.17, 15) is 0 Å². The van der Waals surface area contributed by atoms with Gasteiger partial charge in [-0.3, -0.25) is 0 Å². The zero-order valence-corrected chi connectivity index (χ0v) is 76.1. The van der Waals surface area contributed by atoms with Gasteiger partial charge in [0.2, 0.25) is 0 Å². The molecule has 582 valence electrons. The number of hydrogen-bond donors (Lipinski definition) is 0. The maximum Gasteiger partial charge on any atom is -0.0246 e. The summed E-state index contributed by atoms with van der Waals surface area (Å²) in [5.74, 6) is 3.38. The minimum Gasteiger partial charge on any atom is -0.214 e. The summed E-state index contributed by atoms with van der Waals surface area (Å²) in [6.07, 6.45) is 9.55. The van der Waals surface area contributed by atoms with E-state index < -0.39 is 0 Å². The van der Waals surface area contributed by atoms with Crippen LogP contribution in [0.15, 0.2) is 411 Å². The molecule has 14 aromatic carbocycles. The molecule has 2 atom stereocenters. The van der Waals surface area contributed by atoms with Gasteiger partial charge in [0, 0.05) is 0 Å². The minimum atomic E-state index is 0. The zero-order valence-electron chi connectivity index (χ0n) is 67.9. The van der Waals surface area contributed by atoms with Gasteiger partial charge in [-0.2, -0.15) is 47.5 Å². The molecule has 0 aliphatic heterocycles. The normalized spacial score (nSPS) is 16.1. The first-order valence-electron chi connectivity index (χ1n) is 40.1. The fraction of sp³-hybridized carbons (Fsp3) is 0.191. The van der Waals surface area contributed by atoms with Crippen molar-refractivity contribution in [3.63, 3.8) is 0 Å². The molecule has 0 spiro atoms. The van der Waals surface area contributed by atoms with Gasteiger partial charge < -0.3 is 0 Å². The van der Waals surface area contributed by atoms with Gasteiger partial charge >= 0.3 is 366 Å². The molecule has 116 heavy (non-hydrogen) atoms. The Morgan fingerprint density at radius 1 is 0.379 bits per heavy atom. The number of benzene rings is 12. The van der Waals surface area contributed by atoms with Crippen molar-refractivity contribution in [2.45, 2.75) is 105 Å². The molecular formula is C110H106Cl4Zr2. The second-order valence-electron chi connectivity index (χ2n) is 32.2. The average Bonchev–Trinajstić information content (AvgIpc) is 1.11. The van der Waals surface area contributed by atoms with Gasteiger partial charge in [0.25, 0.3) is 0 Å². The standard InChI is InChI=1S/C29H37.2C27H22.C17H11.2C5H5.4ClH.2Zr/c1-18-25-22-17-19-13-9-10-14-20(19)24(22)21-15-11-12-16-23(21)29(25,8)28(6,7)27(4,5)26(18,2)3;2*1-5-13-22(14-6-1)26(23-15-7-2-8-16-23)21-27(24-17-9-3-10-18-24)25-19-11-4-12-20-25;1-3-7-14-12(5-1)9-10-16-15-8-4-2-6-13(15)11-17(14)16;2*1-2-4-5-3-1;;;;;;/h9-11,13-15,23H,12,16-17H2,1-8H3;2*1-20,26-27H;1-6,8-10H,11H2;2*1-5H;4*1H;;/q-1;;;3*-1;;;;;2*+2. The Morgan fingerprint density at radius 2 is 0.724 bits per heavy atom. The number of hydrogen-bond acceptors (Lipinski definition) is 0. The van der Waals surface area contributed by atoms with Crippen LogP contribution in [0.3, 0.4) is 0 Å². The van der Waals surface area contributed by atoms with Crippen molar-refractivity contribution in [2.24, 2.45) is 27.6 Å². The van der Waals surface area contributed by atoms with Gasteiger partial charge in [-0.15, -0.1) is 97.2 Å². The van der Waals surface area contributed by atoms with Crippen molar-refractivity contribution in [2.75, 3.05) is 0 Å².